The Morgan fingerprint density at radius 3 is 3.00 bits per heavy atom. The monoisotopic (exact) mass is 179 g/mol. The molecule has 0 saturated carbocycles. The molecule has 0 atom stereocenters. The van der Waals surface area contributed by atoms with Crippen LogP contribution in [0.25, 0.3) is 11.1 Å². The molecule has 2 aromatic rings. The summed E-state index contributed by atoms with van der Waals surface area (Å²) in [5.41, 5.74) is 0.0994. The van der Waals surface area contributed by atoms with Crippen LogP contribution >= 0.6 is 0 Å². The van der Waals surface area contributed by atoms with Gasteiger partial charge in [0.05, 0.1) is 6.20 Å². The van der Waals surface area contributed by atoms with Crippen molar-refractivity contribution in [3.63, 3.8) is 0 Å². The van der Waals surface area contributed by atoms with Crippen LogP contribution in [0.4, 0.5) is 0 Å². The molecule has 1 N–H and O–H groups in total. The van der Waals surface area contributed by atoms with Crippen LogP contribution in [0.3, 0.4) is 0 Å². The molecule has 0 radical (unpaired) electrons. The third kappa shape index (κ3) is 1.22. The Morgan fingerprint density at radius 1 is 1.54 bits per heavy atom. The van der Waals surface area contributed by atoms with Gasteiger partial charge in [-0.15, -0.1) is 0 Å². The molecule has 0 bridgehead atoms. The SMILES string of the molecule is CC(C)c1nc2oncc2c(=O)[nH]1. The van der Waals surface area contributed by atoms with Crippen LogP contribution in [-0.2, 0) is 0 Å². The Bertz CT molecular complexity index is 483. The van der Waals surface area contributed by atoms with Gasteiger partial charge in [0.15, 0.2) is 0 Å². The minimum absolute atomic E-state index is 0.169. The molecule has 2 heterocycles. The fourth-order valence-corrected chi connectivity index (χ4v) is 1.06. The topological polar surface area (TPSA) is 71.8 Å². The van der Waals surface area contributed by atoms with Crippen molar-refractivity contribution >= 4 is 11.1 Å². The highest BCUT2D eigenvalue weighted by atomic mass is 16.5. The number of nitrogens with one attached hydrogen (secondary N) is 1. The standard InChI is InChI=1S/C8H9N3O2/c1-4(2)6-10-7(12)5-3-9-13-8(5)11-6/h3-4H,1-2H3,(H,10,11,12). The molecule has 0 aliphatic heterocycles. The van der Waals surface area contributed by atoms with Crippen molar-refractivity contribution < 1.29 is 4.52 Å². The average molecular weight is 179 g/mol. The fourth-order valence-electron chi connectivity index (χ4n) is 1.06. The van der Waals surface area contributed by atoms with Gasteiger partial charge in [-0.05, 0) is 0 Å². The smallest absolute Gasteiger partial charge is 0.264 e. The largest absolute Gasteiger partial charge is 0.336 e. The van der Waals surface area contributed by atoms with Crippen LogP contribution in [0, 0.1) is 0 Å². The molecule has 0 aromatic carbocycles. The first-order valence-corrected chi connectivity index (χ1v) is 4.03. The number of hydrogen-bond donors (Lipinski definition) is 1. The molecular weight excluding hydrogens is 170 g/mol. The van der Waals surface area contributed by atoms with Crippen molar-refractivity contribution in [2.75, 3.05) is 0 Å². The van der Waals surface area contributed by atoms with Gasteiger partial charge in [-0.2, -0.15) is 4.98 Å². The van der Waals surface area contributed by atoms with Gasteiger partial charge in [-0.3, -0.25) is 4.79 Å². The lowest BCUT2D eigenvalue weighted by Crippen LogP contribution is -2.11. The first kappa shape index (κ1) is 7.97. The maximum atomic E-state index is 11.4. The molecule has 2 rings (SSSR count). The molecule has 68 valence electrons. The van der Waals surface area contributed by atoms with Crippen LogP contribution in [0.1, 0.15) is 25.6 Å². The molecule has 0 unspecified atom stereocenters. The van der Waals surface area contributed by atoms with Gasteiger partial charge in [0, 0.05) is 5.92 Å². The summed E-state index contributed by atoms with van der Waals surface area (Å²) in [6.07, 6.45) is 1.37. The van der Waals surface area contributed by atoms with Crippen molar-refractivity contribution in [2.45, 2.75) is 19.8 Å². The van der Waals surface area contributed by atoms with E-state index in [9.17, 15) is 4.79 Å². The van der Waals surface area contributed by atoms with Gasteiger partial charge in [-0.1, -0.05) is 19.0 Å². The quantitative estimate of drug-likeness (QED) is 0.709. The van der Waals surface area contributed by atoms with Gasteiger partial charge in [0.25, 0.3) is 11.3 Å². The lowest BCUT2D eigenvalue weighted by molar-refractivity contribution is 0.446. The molecule has 5 heteroatoms. The van der Waals surface area contributed by atoms with Crippen molar-refractivity contribution in [3.8, 4) is 0 Å². The van der Waals surface area contributed by atoms with E-state index in [-0.39, 0.29) is 11.5 Å². The number of rotatable bonds is 1. The van der Waals surface area contributed by atoms with E-state index in [1.54, 1.807) is 0 Å². The predicted molar refractivity (Wildman–Crippen MR) is 46.5 cm³/mol. The van der Waals surface area contributed by atoms with Crippen molar-refractivity contribution in [2.24, 2.45) is 0 Å². The number of aromatic nitrogens is 3. The number of aromatic amines is 1. The summed E-state index contributed by atoms with van der Waals surface area (Å²) in [5.74, 6) is 0.788. The van der Waals surface area contributed by atoms with E-state index in [0.29, 0.717) is 16.9 Å². The zero-order valence-corrected chi connectivity index (χ0v) is 7.37. The summed E-state index contributed by atoms with van der Waals surface area (Å²) in [6, 6.07) is 0. The number of hydrogen-bond acceptors (Lipinski definition) is 4. The Balaban J connectivity index is 2.77. The van der Waals surface area contributed by atoms with Crippen molar-refractivity contribution in [1.82, 2.24) is 15.1 Å². The van der Waals surface area contributed by atoms with Crippen molar-refractivity contribution in [3.05, 3.63) is 22.4 Å². The highest BCUT2D eigenvalue weighted by molar-refractivity contribution is 5.69. The Hall–Kier alpha value is -1.65. The number of H-pyrrole nitrogens is 1. The van der Waals surface area contributed by atoms with Gasteiger partial charge < -0.3 is 9.51 Å². The molecule has 0 amide bonds. The minimum atomic E-state index is -0.199. The van der Waals surface area contributed by atoms with Gasteiger partial charge in [0.2, 0.25) is 0 Å². The van der Waals surface area contributed by atoms with Crippen LogP contribution in [-0.4, -0.2) is 15.1 Å². The maximum absolute atomic E-state index is 11.4. The molecule has 0 spiro atoms. The fraction of sp³-hybridized carbons (Fsp3) is 0.375. The zero-order valence-electron chi connectivity index (χ0n) is 7.37. The lowest BCUT2D eigenvalue weighted by Gasteiger charge is -2.01. The molecule has 0 fully saturated rings. The zero-order chi connectivity index (χ0) is 9.42. The summed E-state index contributed by atoms with van der Waals surface area (Å²) in [4.78, 5) is 18.1. The van der Waals surface area contributed by atoms with Crippen LogP contribution in [0.2, 0.25) is 0 Å². The van der Waals surface area contributed by atoms with Crippen molar-refractivity contribution in [1.29, 1.82) is 0 Å². The summed E-state index contributed by atoms with van der Waals surface area (Å²) >= 11 is 0. The Kier molecular flexibility index (Phi) is 1.65. The minimum Gasteiger partial charge on any atom is -0.336 e. The van der Waals surface area contributed by atoms with Crippen LogP contribution < -0.4 is 5.56 Å². The van der Waals surface area contributed by atoms with E-state index in [1.807, 2.05) is 13.8 Å². The molecule has 0 saturated heterocycles. The van der Waals surface area contributed by atoms with E-state index >= 15 is 0 Å². The average Bonchev–Trinajstić information content (AvgIpc) is 2.51. The first-order valence-electron chi connectivity index (χ1n) is 4.03. The summed E-state index contributed by atoms with van der Waals surface area (Å²) in [5, 5.41) is 3.90. The lowest BCUT2D eigenvalue weighted by atomic mass is 10.2. The van der Waals surface area contributed by atoms with E-state index in [2.05, 4.69) is 15.1 Å². The van der Waals surface area contributed by atoms with E-state index < -0.39 is 0 Å². The maximum Gasteiger partial charge on any atom is 0.264 e. The summed E-state index contributed by atoms with van der Waals surface area (Å²) in [6.45, 7) is 3.89. The van der Waals surface area contributed by atoms with Gasteiger partial charge in [-0.25, -0.2) is 0 Å². The van der Waals surface area contributed by atoms with Gasteiger partial charge >= 0.3 is 0 Å². The molecule has 0 aliphatic carbocycles. The molecule has 2 aromatic heterocycles. The third-order valence-corrected chi connectivity index (χ3v) is 1.81. The second-order valence-corrected chi connectivity index (χ2v) is 3.15. The second-order valence-electron chi connectivity index (χ2n) is 3.15. The van der Waals surface area contributed by atoms with Crippen LogP contribution in [0.15, 0.2) is 15.5 Å². The third-order valence-electron chi connectivity index (χ3n) is 1.81. The molecular formula is C8H9N3O2. The Morgan fingerprint density at radius 2 is 2.31 bits per heavy atom. The highest BCUT2D eigenvalue weighted by Crippen LogP contribution is 2.10. The number of nitrogens with zero attached hydrogens (tertiary/aromatic N) is 2. The number of fused-ring (bicyclic) bond motifs is 1. The normalized spacial score (nSPS) is 11.3. The van der Waals surface area contributed by atoms with Crippen LogP contribution in [0.5, 0.6) is 0 Å². The van der Waals surface area contributed by atoms with E-state index in [0.717, 1.165) is 0 Å². The summed E-state index contributed by atoms with van der Waals surface area (Å²) < 4.78 is 4.81. The second kappa shape index (κ2) is 2.69. The van der Waals surface area contributed by atoms with E-state index in [4.69, 9.17) is 4.52 Å². The van der Waals surface area contributed by atoms with E-state index in [1.165, 1.54) is 6.20 Å². The summed E-state index contributed by atoms with van der Waals surface area (Å²) in [7, 11) is 0. The predicted octanol–water partition coefficient (Wildman–Crippen LogP) is 1.03. The molecule has 0 aliphatic rings. The van der Waals surface area contributed by atoms with Gasteiger partial charge in [0.1, 0.15) is 11.2 Å². The molecule has 13 heavy (non-hydrogen) atoms. The first-order chi connectivity index (χ1) is 6.18. The highest BCUT2D eigenvalue weighted by Gasteiger charge is 2.09. The molecule has 5 nitrogen and oxygen atoms in total. The Labute approximate surface area is 73.8 Å².